The summed E-state index contributed by atoms with van der Waals surface area (Å²) < 4.78 is 0. The molecule has 0 atom stereocenters. The van der Waals surface area contributed by atoms with Gasteiger partial charge in [0.2, 0.25) is 0 Å². The molecule has 0 aromatic heterocycles. The van der Waals surface area contributed by atoms with Gasteiger partial charge in [0.1, 0.15) is 6.29 Å². The van der Waals surface area contributed by atoms with Gasteiger partial charge in [-0.05, 0) is 19.8 Å². The smallest absolute Gasteiger partial charge is 0.119 e. The van der Waals surface area contributed by atoms with Crippen LogP contribution in [0.3, 0.4) is 0 Å². The summed E-state index contributed by atoms with van der Waals surface area (Å²) in [5.74, 6) is 5.96. The van der Waals surface area contributed by atoms with Gasteiger partial charge < -0.3 is 4.79 Å². The first-order valence-electron chi connectivity index (χ1n) is 5.25. The van der Waals surface area contributed by atoms with Crippen LogP contribution in [0.2, 0.25) is 0 Å². The highest BCUT2D eigenvalue weighted by Crippen LogP contribution is 2.07. The van der Waals surface area contributed by atoms with Gasteiger partial charge in [0.05, 0.1) is 0 Å². The summed E-state index contributed by atoms with van der Waals surface area (Å²) in [6, 6.07) is 0. The van der Waals surface area contributed by atoms with Crippen molar-refractivity contribution in [2.75, 3.05) is 0 Å². The first kappa shape index (κ1) is 12.2. The Morgan fingerprint density at radius 3 is 2.23 bits per heavy atom. The van der Waals surface area contributed by atoms with Gasteiger partial charge in [-0.1, -0.05) is 25.7 Å². The predicted molar refractivity (Wildman–Crippen MR) is 56.5 cm³/mol. The molecule has 0 unspecified atom stereocenters. The van der Waals surface area contributed by atoms with Crippen LogP contribution in [0.1, 0.15) is 58.3 Å². The maximum absolute atomic E-state index is 10.00. The van der Waals surface area contributed by atoms with E-state index in [9.17, 15) is 4.79 Å². The molecule has 74 valence electrons. The fourth-order valence-corrected chi connectivity index (χ4v) is 1.27. The first-order chi connectivity index (χ1) is 6.41. The van der Waals surface area contributed by atoms with Crippen molar-refractivity contribution in [2.24, 2.45) is 0 Å². The van der Waals surface area contributed by atoms with Crippen LogP contribution in [0.4, 0.5) is 0 Å². The monoisotopic (exact) mass is 180 g/mol. The van der Waals surface area contributed by atoms with Gasteiger partial charge >= 0.3 is 0 Å². The molecule has 0 fully saturated rings. The minimum Gasteiger partial charge on any atom is -0.303 e. The first-order valence-corrected chi connectivity index (χ1v) is 5.25. The van der Waals surface area contributed by atoms with Crippen molar-refractivity contribution in [3.63, 3.8) is 0 Å². The number of hydrogen-bond acceptors (Lipinski definition) is 1. The van der Waals surface area contributed by atoms with Gasteiger partial charge in [-0.25, -0.2) is 0 Å². The van der Waals surface area contributed by atoms with Crippen LogP contribution in [-0.4, -0.2) is 6.29 Å². The van der Waals surface area contributed by atoms with E-state index in [-0.39, 0.29) is 0 Å². The topological polar surface area (TPSA) is 17.1 Å². The van der Waals surface area contributed by atoms with Gasteiger partial charge in [-0.2, -0.15) is 0 Å². The Hall–Kier alpha value is -0.770. The Kier molecular flexibility index (Phi) is 10.6. The molecule has 0 bridgehead atoms. The standard InChI is InChI=1S/C12H20O/c1-2-3-4-5-6-7-8-9-10-11-12-13/h12H,4-11H2,1H3. The quantitative estimate of drug-likeness (QED) is 0.318. The van der Waals surface area contributed by atoms with E-state index in [1.165, 1.54) is 32.1 Å². The Labute approximate surface area is 81.9 Å². The van der Waals surface area contributed by atoms with Crippen LogP contribution in [0.15, 0.2) is 0 Å². The van der Waals surface area contributed by atoms with E-state index >= 15 is 0 Å². The molecule has 0 aromatic rings. The van der Waals surface area contributed by atoms with Crippen molar-refractivity contribution in [3.05, 3.63) is 0 Å². The summed E-state index contributed by atoms with van der Waals surface area (Å²) in [4.78, 5) is 10.00. The van der Waals surface area contributed by atoms with Crippen LogP contribution in [0.25, 0.3) is 0 Å². The summed E-state index contributed by atoms with van der Waals surface area (Å²) in [7, 11) is 0. The third-order valence-corrected chi connectivity index (χ3v) is 2.05. The highest BCUT2D eigenvalue weighted by atomic mass is 16.1. The summed E-state index contributed by atoms with van der Waals surface area (Å²) in [5, 5.41) is 0. The molecule has 1 heteroatoms. The van der Waals surface area contributed by atoms with E-state index in [1.807, 2.05) is 6.92 Å². The van der Waals surface area contributed by atoms with Crippen molar-refractivity contribution < 1.29 is 4.79 Å². The zero-order valence-electron chi connectivity index (χ0n) is 8.64. The summed E-state index contributed by atoms with van der Waals surface area (Å²) in [5.41, 5.74) is 0. The van der Waals surface area contributed by atoms with Gasteiger partial charge in [-0.15, -0.1) is 11.8 Å². The molecule has 1 nitrogen and oxygen atoms in total. The van der Waals surface area contributed by atoms with Crippen molar-refractivity contribution in [1.29, 1.82) is 0 Å². The summed E-state index contributed by atoms with van der Waals surface area (Å²) in [6.45, 7) is 1.89. The number of aldehydes is 1. The normalized spacial score (nSPS) is 9.00. The third kappa shape index (κ3) is 11.2. The zero-order chi connectivity index (χ0) is 9.78. The summed E-state index contributed by atoms with van der Waals surface area (Å²) >= 11 is 0. The minimum atomic E-state index is 0.737. The molecule has 0 aromatic carbocycles. The molecule has 0 heterocycles. The van der Waals surface area contributed by atoms with E-state index < -0.39 is 0 Å². The lowest BCUT2D eigenvalue weighted by molar-refractivity contribution is -0.107. The van der Waals surface area contributed by atoms with Crippen LogP contribution in [-0.2, 0) is 4.79 Å². The van der Waals surface area contributed by atoms with Crippen LogP contribution < -0.4 is 0 Å². The van der Waals surface area contributed by atoms with Crippen molar-refractivity contribution >= 4 is 6.29 Å². The summed E-state index contributed by atoms with van der Waals surface area (Å²) in [6.07, 6.45) is 10.2. The molecule has 0 spiro atoms. The lowest BCUT2D eigenvalue weighted by atomic mass is 10.1. The molecular formula is C12H20O. The second kappa shape index (κ2) is 11.2. The molecule has 0 aliphatic heterocycles. The number of rotatable bonds is 8. The lowest BCUT2D eigenvalue weighted by Crippen LogP contribution is -1.80. The molecule has 13 heavy (non-hydrogen) atoms. The van der Waals surface area contributed by atoms with Crippen LogP contribution in [0.5, 0.6) is 0 Å². The second-order valence-corrected chi connectivity index (χ2v) is 3.25. The Morgan fingerprint density at radius 2 is 1.62 bits per heavy atom. The lowest BCUT2D eigenvalue weighted by Gasteiger charge is -1.97. The third-order valence-electron chi connectivity index (χ3n) is 2.05. The highest BCUT2D eigenvalue weighted by Gasteiger charge is 1.89. The van der Waals surface area contributed by atoms with Crippen molar-refractivity contribution in [1.82, 2.24) is 0 Å². The molecule has 0 saturated carbocycles. The van der Waals surface area contributed by atoms with E-state index in [1.54, 1.807) is 0 Å². The van der Waals surface area contributed by atoms with Gasteiger partial charge in [0, 0.05) is 12.8 Å². The molecule has 0 N–H and O–H groups in total. The van der Waals surface area contributed by atoms with Gasteiger partial charge in [0.25, 0.3) is 0 Å². The SMILES string of the molecule is CC#CCCCCCCCCC=O. The maximum Gasteiger partial charge on any atom is 0.119 e. The number of unbranched alkanes of at least 4 members (excludes halogenated alkanes) is 7. The molecule has 0 aliphatic carbocycles. The largest absolute Gasteiger partial charge is 0.303 e. The average molecular weight is 180 g/mol. The molecule has 0 aliphatic rings. The molecule has 0 rings (SSSR count). The Balaban J connectivity index is 2.89. The minimum absolute atomic E-state index is 0.737. The second-order valence-electron chi connectivity index (χ2n) is 3.25. The number of hydrogen-bond donors (Lipinski definition) is 0. The van der Waals surface area contributed by atoms with E-state index in [0.29, 0.717) is 0 Å². The van der Waals surface area contributed by atoms with Crippen molar-refractivity contribution in [2.45, 2.75) is 58.3 Å². The fraction of sp³-hybridized carbons (Fsp3) is 0.750. The Bertz CT molecular complexity index is 162. The molecule has 0 radical (unpaired) electrons. The molecular weight excluding hydrogens is 160 g/mol. The average Bonchev–Trinajstić information content (AvgIpc) is 2.16. The van der Waals surface area contributed by atoms with E-state index in [2.05, 4.69) is 11.8 Å². The van der Waals surface area contributed by atoms with E-state index in [4.69, 9.17) is 0 Å². The van der Waals surface area contributed by atoms with Crippen molar-refractivity contribution in [3.8, 4) is 11.8 Å². The van der Waals surface area contributed by atoms with Gasteiger partial charge in [0.15, 0.2) is 0 Å². The van der Waals surface area contributed by atoms with Gasteiger partial charge in [-0.3, -0.25) is 0 Å². The Morgan fingerprint density at radius 1 is 1.00 bits per heavy atom. The molecule has 0 saturated heterocycles. The number of carbonyl (C=O) groups is 1. The fourth-order valence-electron chi connectivity index (χ4n) is 1.27. The highest BCUT2D eigenvalue weighted by molar-refractivity contribution is 5.48. The zero-order valence-corrected chi connectivity index (χ0v) is 8.64. The van der Waals surface area contributed by atoms with E-state index in [0.717, 1.165) is 25.5 Å². The van der Waals surface area contributed by atoms with Crippen LogP contribution in [0, 0.1) is 11.8 Å². The predicted octanol–water partition coefficient (Wildman–Crippen LogP) is 3.33. The number of carbonyl (C=O) groups excluding carboxylic acids is 1. The van der Waals surface area contributed by atoms with Crippen LogP contribution >= 0.6 is 0 Å². The maximum atomic E-state index is 10.00. The molecule has 0 amide bonds.